The van der Waals surface area contributed by atoms with Gasteiger partial charge in [-0.15, -0.1) is 0 Å². The van der Waals surface area contributed by atoms with Gasteiger partial charge in [-0.25, -0.2) is 0 Å². The van der Waals surface area contributed by atoms with E-state index in [-0.39, 0.29) is 0 Å². The number of carbonyl (C=O) groups is 1. The molecular formula is C16H21NO2. The summed E-state index contributed by atoms with van der Waals surface area (Å²) in [6, 6.07) is 8.41. The standard InChI is InChI=1S/C16H21NO2/c1-5-17-11(2)8-13-7-6-12(9-14(13)17)10-16(3,4)15(18)19/h6-9H,5,10H2,1-4H3,(H,18,19). The molecule has 0 unspecified atom stereocenters. The van der Waals surface area contributed by atoms with Crippen molar-refractivity contribution in [3.63, 3.8) is 0 Å². The van der Waals surface area contributed by atoms with Gasteiger partial charge >= 0.3 is 5.97 Å². The van der Waals surface area contributed by atoms with E-state index < -0.39 is 11.4 Å². The SMILES string of the molecule is CCn1c(C)cc2ccc(CC(C)(C)C(=O)O)cc21. The minimum atomic E-state index is -0.755. The van der Waals surface area contributed by atoms with Gasteiger partial charge in [-0.2, -0.15) is 0 Å². The van der Waals surface area contributed by atoms with Crippen molar-refractivity contribution in [3.8, 4) is 0 Å². The molecule has 2 aromatic rings. The zero-order chi connectivity index (χ0) is 14.2. The highest BCUT2D eigenvalue weighted by Crippen LogP contribution is 2.26. The van der Waals surface area contributed by atoms with E-state index in [0.717, 1.165) is 12.1 Å². The lowest BCUT2D eigenvalue weighted by molar-refractivity contribution is -0.146. The molecule has 0 aliphatic rings. The number of aromatic nitrogens is 1. The number of fused-ring (bicyclic) bond motifs is 1. The molecule has 0 radical (unpaired) electrons. The highest BCUT2D eigenvalue weighted by atomic mass is 16.4. The Morgan fingerprint density at radius 1 is 1.32 bits per heavy atom. The van der Waals surface area contributed by atoms with Crippen LogP contribution in [-0.4, -0.2) is 15.6 Å². The summed E-state index contributed by atoms with van der Waals surface area (Å²) in [7, 11) is 0. The van der Waals surface area contributed by atoms with Gasteiger partial charge in [0.15, 0.2) is 0 Å². The molecule has 0 fully saturated rings. The second-order valence-electron chi connectivity index (χ2n) is 5.79. The third-order valence-electron chi connectivity index (χ3n) is 3.72. The lowest BCUT2D eigenvalue weighted by Gasteiger charge is -2.19. The van der Waals surface area contributed by atoms with Gasteiger partial charge < -0.3 is 9.67 Å². The molecular weight excluding hydrogens is 238 g/mol. The Hall–Kier alpha value is -1.77. The maximum Gasteiger partial charge on any atom is 0.309 e. The van der Waals surface area contributed by atoms with E-state index in [1.54, 1.807) is 13.8 Å². The summed E-state index contributed by atoms with van der Waals surface area (Å²) in [5, 5.41) is 10.4. The average Bonchev–Trinajstić information content (AvgIpc) is 2.63. The summed E-state index contributed by atoms with van der Waals surface area (Å²) in [4.78, 5) is 11.2. The van der Waals surface area contributed by atoms with Gasteiger partial charge in [-0.05, 0) is 57.2 Å². The lowest BCUT2D eigenvalue weighted by atomic mass is 9.86. The number of rotatable bonds is 4. The van der Waals surface area contributed by atoms with Crippen LogP contribution < -0.4 is 0 Å². The Morgan fingerprint density at radius 3 is 2.58 bits per heavy atom. The summed E-state index contributed by atoms with van der Waals surface area (Å²) in [6.45, 7) is 8.69. The molecule has 1 N–H and O–H groups in total. The number of nitrogens with zero attached hydrogens (tertiary/aromatic N) is 1. The molecule has 1 aromatic heterocycles. The number of aryl methyl sites for hydroxylation is 2. The second-order valence-corrected chi connectivity index (χ2v) is 5.79. The van der Waals surface area contributed by atoms with Crippen LogP contribution in [0.3, 0.4) is 0 Å². The Labute approximate surface area is 113 Å². The predicted octanol–water partition coefficient (Wildman–Crippen LogP) is 3.62. The van der Waals surface area contributed by atoms with E-state index in [0.29, 0.717) is 6.42 Å². The van der Waals surface area contributed by atoms with Gasteiger partial charge in [0.1, 0.15) is 0 Å². The summed E-state index contributed by atoms with van der Waals surface area (Å²) in [6.07, 6.45) is 0.548. The molecule has 0 spiro atoms. The van der Waals surface area contributed by atoms with Crippen molar-refractivity contribution in [3.05, 3.63) is 35.5 Å². The van der Waals surface area contributed by atoms with Crippen molar-refractivity contribution in [2.75, 3.05) is 0 Å². The molecule has 0 saturated carbocycles. The Balaban J connectivity index is 2.44. The normalized spacial score (nSPS) is 12.0. The van der Waals surface area contributed by atoms with Crippen LogP contribution in [0.4, 0.5) is 0 Å². The zero-order valence-electron chi connectivity index (χ0n) is 12.0. The van der Waals surface area contributed by atoms with Crippen molar-refractivity contribution < 1.29 is 9.90 Å². The third-order valence-corrected chi connectivity index (χ3v) is 3.72. The number of aliphatic carboxylic acids is 1. The van der Waals surface area contributed by atoms with Crippen LogP contribution in [-0.2, 0) is 17.8 Å². The highest BCUT2D eigenvalue weighted by Gasteiger charge is 2.27. The van der Waals surface area contributed by atoms with E-state index >= 15 is 0 Å². The Kier molecular flexibility index (Phi) is 3.40. The molecule has 102 valence electrons. The Bertz CT molecular complexity index is 623. The summed E-state index contributed by atoms with van der Waals surface area (Å²) < 4.78 is 2.26. The first-order valence-corrected chi connectivity index (χ1v) is 6.67. The van der Waals surface area contributed by atoms with Gasteiger partial charge in [0.05, 0.1) is 5.41 Å². The van der Waals surface area contributed by atoms with Crippen molar-refractivity contribution in [1.29, 1.82) is 0 Å². The quantitative estimate of drug-likeness (QED) is 0.911. The average molecular weight is 259 g/mol. The highest BCUT2D eigenvalue weighted by molar-refractivity contribution is 5.82. The van der Waals surface area contributed by atoms with Crippen LogP contribution in [0.5, 0.6) is 0 Å². The molecule has 0 bridgehead atoms. The van der Waals surface area contributed by atoms with E-state index in [9.17, 15) is 9.90 Å². The first-order valence-electron chi connectivity index (χ1n) is 6.67. The smallest absolute Gasteiger partial charge is 0.309 e. The molecule has 1 aromatic carbocycles. The summed E-state index contributed by atoms with van der Waals surface area (Å²) >= 11 is 0. The lowest BCUT2D eigenvalue weighted by Crippen LogP contribution is -2.26. The third kappa shape index (κ3) is 2.50. The van der Waals surface area contributed by atoms with Crippen LogP contribution in [0.25, 0.3) is 10.9 Å². The molecule has 3 nitrogen and oxygen atoms in total. The monoisotopic (exact) mass is 259 g/mol. The van der Waals surface area contributed by atoms with Crippen molar-refractivity contribution in [2.45, 2.75) is 40.7 Å². The van der Waals surface area contributed by atoms with Crippen LogP contribution in [0.2, 0.25) is 0 Å². The number of hydrogen-bond acceptors (Lipinski definition) is 1. The van der Waals surface area contributed by atoms with Gasteiger partial charge in [-0.3, -0.25) is 4.79 Å². The fraction of sp³-hybridized carbons (Fsp3) is 0.438. The minimum absolute atomic E-state index is 0.548. The molecule has 0 atom stereocenters. The maximum atomic E-state index is 11.2. The van der Waals surface area contributed by atoms with Crippen LogP contribution in [0.15, 0.2) is 24.3 Å². The number of carboxylic acids is 1. The number of benzene rings is 1. The van der Waals surface area contributed by atoms with Crippen molar-refractivity contribution in [2.24, 2.45) is 5.41 Å². The van der Waals surface area contributed by atoms with Crippen LogP contribution >= 0.6 is 0 Å². The van der Waals surface area contributed by atoms with Crippen molar-refractivity contribution in [1.82, 2.24) is 4.57 Å². The number of carboxylic acid groups (broad SMARTS) is 1. The second kappa shape index (κ2) is 4.72. The molecule has 1 heterocycles. The zero-order valence-corrected chi connectivity index (χ0v) is 12.0. The molecule has 0 aliphatic heterocycles. The van der Waals surface area contributed by atoms with Gasteiger partial charge in [0.25, 0.3) is 0 Å². The molecule has 0 amide bonds. The first-order chi connectivity index (χ1) is 8.85. The largest absolute Gasteiger partial charge is 0.481 e. The maximum absolute atomic E-state index is 11.2. The fourth-order valence-electron chi connectivity index (χ4n) is 2.55. The van der Waals surface area contributed by atoms with Gasteiger partial charge in [0.2, 0.25) is 0 Å². The summed E-state index contributed by atoms with van der Waals surface area (Å²) in [5.41, 5.74) is 2.78. The first kappa shape index (κ1) is 13.7. The van der Waals surface area contributed by atoms with Gasteiger partial charge in [0, 0.05) is 17.8 Å². The Morgan fingerprint density at radius 2 is 2.00 bits per heavy atom. The molecule has 0 aliphatic carbocycles. The fourth-order valence-corrected chi connectivity index (χ4v) is 2.55. The van der Waals surface area contributed by atoms with Crippen molar-refractivity contribution >= 4 is 16.9 Å². The van der Waals surface area contributed by atoms with Gasteiger partial charge in [-0.1, -0.05) is 12.1 Å². The van der Waals surface area contributed by atoms with E-state index in [2.05, 4.69) is 36.6 Å². The minimum Gasteiger partial charge on any atom is -0.481 e. The molecule has 3 heteroatoms. The van der Waals surface area contributed by atoms with E-state index in [4.69, 9.17) is 0 Å². The summed E-state index contributed by atoms with van der Waals surface area (Å²) in [5.74, 6) is -0.755. The predicted molar refractivity (Wildman–Crippen MR) is 77.5 cm³/mol. The van der Waals surface area contributed by atoms with Crippen LogP contribution in [0.1, 0.15) is 32.0 Å². The number of hydrogen-bond donors (Lipinski definition) is 1. The van der Waals surface area contributed by atoms with E-state index in [1.807, 2.05) is 6.07 Å². The molecule has 2 rings (SSSR count). The topological polar surface area (TPSA) is 42.2 Å². The van der Waals surface area contributed by atoms with Crippen LogP contribution in [0, 0.1) is 12.3 Å². The molecule has 19 heavy (non-hydrogen) atoms. The molecule has 0 saturated heterocycles. The van der Waals surface area contributed by atoms with E-state index in [1.165, 1.54) is 16.6 Å².